The highest BCUT2D eigenvalue weighted by Gasteiger charge is 2.31. The quantitative estimate of drug-likeness (QED) is 0.351. The van der Waals surface area contributed by atoms with Gasteiger partial charge in [-0.1, -0.05) is 62.9 Å². The van der Waals surface area contributed by atoms with E-state index in [-0.39, 0.29) is 16.9 Å². The molecule has 0 aliphatic heterocycles. The maximum Gasteiger partial charge on any atom is 0.229 e. The summed E-state index contributed by atoms with van der Waals surface area (Å²) in [5.41, 5.74) is 2.01. The lowest BCUT2D eigenvalue weighted by Crippen LogP contribution is -2.27. The van der Waals surface area contributed by atoms with Crippen LogP contribution >= 0.6 is 11.8 Å². The highest BCUT2D eigenvalue weighted by Crippen LogP contribution is 2.40. The van der Waals surface area contributed by atoms with Gasteiger partial charge in [-0.05, 0) is 49.6 Å². The minimum absolute atomic E-state index is 0.0240. The van der Waals surface area contributed by atoms with Gasteiger partial charge in [-0.3, -0.25) is 9.59 Å². The van der Waals surface area contributed by atoms with Gasteiger partial charge in [0.1, 0.15) is 5.82 Å². The Morgan fingerprint density at radius 3 is 2.33 bits per heavy atom. The van der Waals surface area contributed by atoms with E-state index in [9.17, 15) is 9.59 Å². The van der Waals surface area contributed by atoms with Crippen LogP contribution in [0.2, 0.25) is 0 Å². The van der Waals surface area contributed by atoms with Gasteiger partial charge in [-0.2, -0.15) is 0 Å². The molecule has 0 unspecified atom stereocenters. The number of hydrogen-bond donors (Lipinski definition) is 1. The van der Waals surface area contributed by atoms with Crippen molar-refractivity contribution in [3.8, 4) is 0 Å². The van der Waals surface area contributed by atoms with E-state index in [2.05, 4.69) is 32.2 Å². The molecule has 7 heteroatoms. The number of benzene rings is 2. The highest BCUT2D eigenvalue weighted by atomic mass is 32.2. The van der Waals surface area contributed by atoms with E-state index in [1.54, 1.807) is 24.3 Å². The summed E-state index contributed by atoms with van der Waals surface area (Å²) in [5.74, 6) is 1.45. The molecule has 3 aromatic rings. The van der Waals surface area contributed by atoms with E-state index in [1.165, 1.54) is 17.3 Å². The molecule has 1 aromatic heterocycles. The molecule has 0 bridgehead atoms. The van der Waals surface area contributed by atoms with Gasteiger partial charge >= 0.3 is 0 Å². The Morgan fingerprint density at radius 1 is 1.06 bits per heavy atom. The van der Waals surface area contributed by atoms with Gasteiger partial charge in [0.25, 0.3) is 0 Å². The van der Waals surface area contributed by atoms with Gasteiger partial charge in [0.05, 0.1) is 11.8 Å². The van der Waals surface area contributed by atoms with Crippen molar-refractivity contribution in [1.29, 1.82) is 0 Å². The van der Waals surface area contributed by atoms with Gasteiger partial charge < -0.3 is 9.88 Å². The third-order valence-corrected chi connectivity index (χ3v) is 6.71. The number of nitrogens with zero attached hydrogens (tertiary/aromatic N) is 3. The molecule has 1 fully saturated rings. The van der Waals surface area contributed by atoms with E-state index in [0.717, 1.165) is 23.8 Å². The van der Waals surface area contributed by atoms with Crippen LogP contribution in [0.3, 0.4) is 0 Å². The Balaban J connectivity index is 1.46. The number of hydrogen-bond acceptors (Lipinski definition) is 5. The van der Waals surface area contributed by atoms with Crippen molar-refractivity contribution >= 4 is 29.1 Å². The smallest absolute Gasteiger partial charge is 0.229 e. The summed E-state index contributed by atoms with van der Waals surface area (Å²) in [7, 11) is 0. The fraction of sp³-hybridized carbons (Fsp3) is 0.385. The van der Waals surface area contributed by atoms with Crippen LogP contribution < -0.4 is 5.32 Å². The lowest BCUT2D eigenvalue weighted by Gasteiger charge is -2.18. The molecule has 4 rings (SSSR count). The normalized spacial score (nSPS) is 14.7. The predicted molar refractivity (Wildman–Crippen MR) is 132 cm³/mol. The molecule has 0 spiro atoms. The van der Waals surface area contributed by atoms with Crippen molar-refractivity contribution in [2.24, 2.45) is 5.41 Å². The van der Waals surface area contributed by atoms with Crippen LogP contribution in [0.1, 0.15) is 68.2 Å². The number of carbonyl (C=O) groups excluding carboxylic acids is 2. The van der Waals surface area contributed by atoms with Crippen LogP contribution in [0, 0.1) is 5.41 Å². The fourth-order valence-corrected chi connectivity index (χ4v) is 4.36. The van der Waals surface area contributed by atoms with Crippen LogP contribution in [-0.2, 0) is 11.3 Å². The number of anilines is 1. The number of aromatic nitrogens is 3. The van der Waals surface area contributed by atoms with E-state index in [1.807, 2.05) is 45.9 Å². The van der Waals surface area contributed by atoms with Gasteiger partial charge in [0, 0.05) is 22.6 Å². The second-order valence-corrected chi connectivity index (χ2v) is 10.9. The number of rotatable bonds is 8. The predicted octanol–water partition coefficient (Wildman–Crippen LogP) is 5.55. The lowest BCUT2D eigenvalue weighted by molar-refractivity contribution is -0.123. The Morgan fingerprint density at radius 2 is 1.73 bits per heavy atom. The SMILES string of the molecule is C[C@@H](Sc1nnc(C2CC2)n1Cc1ccccc1)C(=O)c1ccc(NC(=O)C(C)(C)C)cc1. The number of carbonyl (C=O) groups is 2. The summed E-state index contributed by atoms with van der Waals surface area (Å²) in [6.07, 6.45) is 2.29. The molecule has 1 amide bonds. The zero-order valence-corrected chi connectivity index (χ0v) is 20.4. The fourth-order valence-electron chi connectivity index (χ4n) is 3.43. The number of Topliss-reactive ketones (excluding diaryl/α,β-unsaturated/α-hetero) is 1. The maximum atomic E-state index is 13.1. The summed E-state index contributed by atoms with van der Waals surface area (Å²) in [6, 6.07) is 17.3. The summed E-state index contributed by atoms with van der Waals surface area (Å²) in [5, 5.41) is 12.2. The Bertz CT molecular complexity index is 1130. The number of nitrogens with one attached hydrogen (secondary N) is 1. The van der Waals surface area contributed by atoms with E-state index in [0.29, 0.717) is 23.7 Å². The summed E-state index contributed by atoms with van der Waals surface area (Å²) in [6.45, 7) is 8.20. The minimum atomic E-state index is -0.478. The summed E-state index contributed by atoms with van der Waals surface area (Å²) < 4.78 is 2.16. The summed E-state index contributed by atoms with van der Waals surface area (Å²) >= 11 is 1.45. The number of ketones is 1. The maximum absolute atomic E-state index is 13.1. The van der Waals surface area contributed by atoms with E-state index >= 15 is 0 Å². The zero-order valence-electron chi connectivity index (χ0n) is 19.5. The van der Waals surface area contributed by atoms with Crippen molar-refractivity contribution in [1.82, 2.24) is 14.8 Å². The van der Waals surface area contributed by atoms with Crippen LogP contribution in [0.15, 0.2) is 59.8 Å². The third kappa shape index (κ3) is 5.71. The summed E-state index contributed by atoms with van der Waals surface area (Å²) in [4.78, 5) is 25.3. The topological polar surface area (TPSA) is 76.9 Å². The second-order valence-electron chi connectivity index (χ2n) is 9.59. The van der Waals surface area contributed by atoms with Crippen molar-refractivity contribution in [3.63, 3.8) is 0 Å². The first kappa shape index (κ1) is 23.2. The zero-order chi connectivity index (χ0) is 23.6. The average Bonchev–Trinajstić information content (AvgIpc) is 3.56. The van der Waals surface area contributed by atoms with Crippen LogP contribution in [0.4, 0.5) is 5.69 Å². The van der Waals surface area contributed by atoms with E-state index < -0.39 is 5.41 Å². The number of amides is 1. The van der Waals surface area contributed by atoms with Crippen molar-refractivity contribution in [2.75, 3.05) is 5.32 Å². The Labute approximate surface area is 199 Å². The molecule has 2 aromatic carbocycles. The largest absolute Gasteiger partial charge is 0.326 e. The first-order chi connectivity index (χ1) is 15.7. The minimum Gasteiger partial charge on any atom is -0.326 e. The molecular formula is C26H30N4O2S. The molecule has 1 N–H and O–H groups in total. The van der Waals surface area contributed by atoms with Crippen molar-refractivity contribution in [2.45, 2.75) is 63.4 Å². The van der Waals surface area contributed by atoms with E-state index in [4.69, 9.17) is 0 Å². The molecule has 1 atom stereocenters. The lowest BCUT2D eigenvalue weighted by atomic mass is 9.95. The molecule has 33 heavy (non-hydrogen) atoms. The molecule has 1 aliphatic rings. The van der Waals surface area contributed by atoms with Crippen molar-refractivity contribution in [3.05, 3.63) is 71.5 Å². The monoisotopic (exact) mass is 462 g/mol. The molecule has 1 saturated carbocycles. The first-order valence-corrected chi connectivity index (χ1v) is 12.2. The molecule has 6 nitrogen and oxygen atoms in total. The van der Waals surface area contributed by atoms with Gasteiger partial charge in [-0.15, -0.1) is 10.2 Å². The molecule has 1 aliphatic carbocycles. The standard InChI is InChI=1S/C26H30N4O2S/c1-17(22(31)19-12-14-21(15-13-19)27-24(32)26(2,3)4)33-25-29-28-23(20-10-11-20)30(25)16-18-8-6-5-7-9-18/h5-9,12-15,17,20H,10-11,16H2,1-4H3,(H,27,32)/t17-/m1/s1. The van der Waals surface area contributed by atoms with Gasteiger partial charge in [0.15, 0.2) is 10.9 Å². The van der Waals surface area contributed by atoms with Crippen molar-refractivity contribution < 1.29 is 9.59 Å². The molecule has 172 valence electrons. The number of thioether (sulfide) groups is 1. The first-order valence-electron chi connectivity index (χ1n) is 11.3. The van der Waals surface area contributed by atoms with Crippen LogP contribution in [0.25, 0.3) is 0 Å². The average molecular weight is 463 g/mol. The third-order valence-electron chi connectivity index (χ3n) is 5.63. The van der Waals surface area contributed by atoms with Gasteiger partial charge in [0.2, 0.25) is 5.91 Å². The molecule has 0 radical (unpaired) electrons. The van der Waals surface area contributed by atoms with Crippen LogP contribution in [0.5, 0.6) is 0 Å². The molecule has 1 heterocycles. The molecule has 0 saturated heterocycles. The van der Waals surface area contributed by atoms with Gasteiger partial charge in [-0.25, -0.2) is 0 Å². The molecular weight excluding hydrogens is 432 g/mol. The highest BCUT2D eigenvalue weighted by molar-refractivity contribution is 8.00. The Kier molecular flexibility index (Phi) is 6.70. The Hall–Kier alpha value is -2.93. The van der Waals surface area contributed by atoms with Crippen LogP contribution in [-0.4, -0.2) is 31.7 Å². The second kappa shape index (κ2) is 9.51.